The number of nitrogens with zero attached hydrogens (tertiary/aromatic N) is 1. The van der Waals surface area contributed by atoms with Gasteiger partial charge < -0.3 is 14.8 Å². The summed E-state index contributed by atoms with van der Waals surface area (Å²) in [5.74, 6) is 2.52. The van der Waals surface area contributed by atoms with E-state index in [0.29, 0.717) is 28.5 Å². The fourth-order valence-corrected chi connectivity index (χ4v) is 2.66. The molecule has 1 aliphatic rings. The zero-order chi connectivity index (χ0) is 15.5. The van der Waals surface area contributed by atoms with E-state index in [0.717, 1.165) is 11.4 Å². The summed E-state index contributed by atoms with van der Waals surface area (Å²) in [4.78, 5) is 18.9. The lowest BCUT2D eigenvalue weighted by Crippen LogP contribution is -2.12. The van der Waals surface area contributed by atoms with Crippen molar-refractivity contribution >= 4 is 23.4 Å². The Morgan fingerprint density at radius 2 is 2.14 bits per heavy atom. The molecule has 116 valence electrons. The van der Waals surface area contributed by atoms with Crippen LogP contribution in [0.2, 0.25) is 0 Å². The smallest absolute Gasteiger partial charge is 0.252 e. The van der Waals surface area contributed by atoms with Crippen LogP contribution in [0.1, 0.15) is 19.5 Å². The molecule has 7 heteroatoms. The van der Waals surface area contributed by atoms with Gasteiger partial charge in [0.25, 0.3) is 5.56 Å². The van der Waals surface area contributed by atoms with Crippen LogP contribution in [-0.4, -0.2) is 22.0 Å². The zero-order valence-corrected chi connectivity index (χ0v) is 13.2. The van der Waals surface area contributed by atoms with Crippen LogP contribution in [0.25, 0.3) is 0 Å². The average Bonchev–Trinajstić information content (AvgIpc) is 2.92. The van der Waals surface area contributed by atoms with Crippen LogP contribution in [0.4, 0.5) is 11.6 Å². The Morgan fingerprint density at radius 1 is 1.32 bits per heavy atom. The molecule has 1 aromatic heterocycles. The first-order chi connectivity index (χ1) is 10.6. The standard InChI is InChI=1S/C15H17N3O3S/c1-9(2)22-7-11-6-14(19)18-15(17-11)16-10-3-4-12-13(5-10)21-8-20-12/h3-6,9H,7-8H2,1-2H3,(H2,16,17,18,19). The van der Waals surface area contributed by atoms with Crippen molar-refractivity contribution in [2.45, 2.75) is 24.9 Å². The van der Waals surface area contributed by atoms with Crippen molar-refractivity contribution in [2.75, 3.05) is 12.1 Å². The monoisotopic (exact) mass is 319 g/mol. The highest BCUT2D eigenvalue weighted by Gasteiger charge is 2.13. The van der Waals surface area contributed by atoms with Crippen molar-refractivity contribution in [2.24, 2.45) is 0 Å². The van der Waals surface area contributed by atoms with E-state index in [9.17, 15) is 4.79 Å². The predicted molar refractivity (Wildman–Crippen MR) is 87.1 cm³/mol. The van der Waals surface area contributed by atoms with E-state index in [1.165, 1.54) is 6.07 Å². The van der Waals surface area contributed by atoms with E-state index >= 15 is 0 Å². The summed E-state index contributed by atoms with van der Waals surface area (Å²) in [6.45, 7) is 4.46. The molecule has 1 aromatic carbocycles. The third-order valence-corrected chi connectivity index (χ3v) is 4.12. The lowest BCUT2D eigenvalue weighted by molar-refractivity contribution is 0.174. The van der Waals surface area contributed by atoms with Gasteiger partial charge in [-0.05, 0) is 17.4 Å². The van der Waals surface area contributed by atoms with Crippen molar-refractivity contribution in [1.29, 1.82) is 0 Å². The van der Waals surface area contributed by atoms with Crippen LogP contribution in [0.15, 0.2) is 29.1 Å². The van der Waals surface area contributed by atoms with Gasteiger partial charge in [0.15, 0.2) is 11.5 Å². The number of rotatable bonds is 5. The second-order valence-corrected chi connectivity index (χ2v) is 6.70. The lowest BCUT2D eigenvalue weighted by atomic mass is 10.3. The molecule has 0 amide bonds. The minimum absolute atomic E-state index is 0.169. The predicted octanol–water partition coefficient (Wildman–Crippen LogP) is 2.88. The number of aromatic amines is 1. The van der Waals surface area contributed by atoms with Crippen molar-refractivity contribution in [3.63, 3.8) is 0 Å². The van der Waals surface area contributed by atoms with Crippen LogP contribution < -0.4 is 20.3 Å². The minimum atomic E-state index is -0.169. The van der Waals surface area contributed by atoms with Gasteiger partial charge in [-0.15, -0.1) is 0 Å². The summed E-state index contributed by atoms with van der Waals surface area (Å²) in [6, 6.07) is 7.02. The molecular weight excluding hydrogens is 302 g/mol. The maximum atomic E-state index is 11.7. The van der Waals surface area contributed by atoms with Crippen molar-refractivity contribution in [3.8, 4) is 11.5 Å². The largest absolute Gasteiger partial charge is 0.454 e. The summed E-state index contributed by atoms with van der Waals surface area (Å²) in [5.41, 5.74) is 1.37. The van der Waals surface area contributed by atoms with Gasteiger partial charge >= 0.3 is 0 Å². The van der Waals surface area contributed by atoms with Crippen molar-refractivity contribution < 1.29 is 9.47 Å². The topological polar surface area (TPSA) is 76.2 Å². The number of hydrogen-bond acceptors (Lipinski definition) is 6. The van der Waals surface area contributed by atoms with E-state index in [4.69, 9.17) is 9.47 Å². The first-order valence-corrected chi connectivity index (χ1v) is 8.03. The summed E-state index contributed by atoms with van der Waals surface area (Å²) in [7, 11) is 0. The fraction of sp³-hybridized carbons (Fsp3) is 0.333. The van der Waals surface area contributed by atoms with Gasteiger partial charge in [-0.3, -0.25) is 9.78 Å². The second-order valence-electron chi connectivity index (χ2n) is 5.14. The molecule has 0 atom stereocenters. The molecule has 6 nitrogen and oxygen atoms in total. The third-order valence-electron chi connectivity index (χ3n) is 2.99. The fourth-order valence-electron chi connectivity index (χ4n) is 2.00. The molecule has 22 heavy (non-hydrogen) atoms. The Labute approximate surface area is 132 Å². The summed E-state index contributed by atoms with van der Waals surface area (Å²) >= 11 is 1.74. The van der Waals surface area contributed by atoms with Gasteiger partial charge in [0.1, 0.15) is 0 Å². The van der Waals surface area contributed by atoms with Crippen molar-refractivity contribution in [1.82, 2.24) is 9.97 Å². The van der Waals surface area contributed by atoms with Crippen LogP contribution in [0, 0.1) is 0 Å². The second kappa shape index (κ2) is 6.31. The minimum Gasteiger partial charge on any atom is -0.454 e. The lowest BCUT2D eigenvalue weighted by Gasteiger charge is -2.08. The Kier molecular flexibility index (Phi) is 4.24. The van der Waals surface area contributed by atoms with Gasteiger partial charge in [-0.2, -0.15) is 11.8 Å². The molecule has 2 N–H and O–H groups in total. The van der Waals surface area contributed by atoms with E-state index in [2.05, 4.69) is 29.1 Å². The number of ether oxygens (including phenoxy) is 2. The molecule has 3 rings (SSSR count). The number of fused-ring (bicyclic) bond motifs is 1. The maximum Gasteiger partial charge on any atom is 0.252 e. The van der Waals surface area contributed by atoms with Crippen LogP contribution >= 0.6 is 11.8 Å². The highest BCUT2D eigenvalue weighted by molar-refractivity contribution is 7.99. The zero-order valence-electron chi connectivity index (χ0n) is 12.4. The van der Waals surface area contributed by atoms with E-state index in [-0.39, 0.29) is 12.4 Å². The van der Waals surface area contributed by atoms with E-state index in [1.807, 2.05) is 18.2 Å². The molecule has 0 radical (unpaired) electrons. The van der Waals surface area contributed by atoms with Crippen molar-refractivity contribution in [3.05, 3.63) is 40.3 Å². The Balaban J connectivity index is 1.78. The SMILES string of the molecule is CC(C)SCc1cc(=O)[nH]c(Nc2ccc3c(c2)OCO3)n1. The first kappa shape index (κ1) is 14.8. The number of anilines is 2. The van der Waals surface area contributed by atoms with Crippen LogP contribution in [0.3, 0.4) is 0 Å². The highest BCUT2D eigenvalue weighted by atomic mass is 32.2. The number of H-pyrrole nitrogens is 1. The van der Waals surface area contributed by atoms with Gasteiger partial charge in [0, 0.05) is 23.6 Å². The average molecular weight is 319 g/mol. The molecule has 0 spiro atoms. The molecule has 1 aliphatic heterocycles. The third kappa shape index (κ3) is 3.54. The van der Waals surface area contributed by atoms with E-state index in [1.54, 1.807) is 11.8 Å². The number of nitrogens with one attached hydrogen (secondary N) is 2. The highest BCUT2D eigenvalue weighted by Crippen LogP contribution is 2.34. The molecular formula is C15H17N3O3S. The molecule has 2 heterocycles. The molecule has 0 bridgehead atoms. The summed E-state index contributed by atoms with van der Waals surface area (Å²) in [5, 5.41) is 3.58. The van der Waals surface area contributed by atoms with Gasteiger partial charge in [-0.25, -0.2) is 4.98 Å². The number of hydrogen-bond donors (Lipinski definition) is 2. The van der Waals surface area contributed by atoms with Gasteiger partial charge in [0.05, 0.1) is 5.69 Å². The maximum absolute atomic E-state index is 11.7. The summed E-state index contributed by atoms with van der Waals surface area (Å²) in [6.07, 6.45) is 0. The number of thioether (sulfide) groups is 1. The Hall–Kier alpha value is -2.15. The quantitative estimate of drug-likeness (QED) is 0.882. The van der Waals surface area contributed by atoms with Crippen LogP contribution in [-0.2, 0) is 5.75 Å². The Morgan fingerprint density at radius 3 is 2.95 bits per heavy atom. The molecule has 2 aromatic rings. The number of aromatic nitrogens is 2. The van der Waals surface area contributed by atoms with Crippen LogP contribution in [0.5, 0.6) is 11.5 Å². The molecule has 0 saturated carbocycles. The van der Waals surface area contributed by atoms with E-state index < -0.39 is 0 Å². The number of benzene rings is 1. The molecule has 0 aliphatic carbocycles. The van der Waals surface area contributed by atoms with Gasteiger partial charge in [-0.1, -0.05) is 13.8 Å². The molecule has 0 saturated heterocycles. The molecule has 0 unspecified atom stereocenters. The molecule has 0 fully saturated rings. The summed E-state index contributed by atoms with van der Waals surface area (Å²) < 4.78 is 10.6. The normalized spacial score (nSPS) is 12.7. The Bertz CT molecular complexity index is 730. The van der Waals surface area contributed by atoms with Gasteiger partial charge in [0.2, 0.25) is 12.7 Å². The first-order valence-electron chi connectivity index (χ1n) is 6.98.